The van der Waals surface area contributed by atoms with Gasteiger partial charge in [0.15, 0.2) is 5.78 Å². The van der Waals surface area contributed by atoms with Gasteiger partial charge in [-0.2, -0.15) is 4.31 Å². The number of Topliss-reactive ketones (excluding diaryl/α,β-unsaturated/α-hetero) is 1. The number of benzene rings is 1. The molecule has 1 spiro atoms. The van der Waals surface area contributed by atoms with Gasteiger partial charge < -0.3 is 9.64 Å². The second-order valence-electron chi connectivity index (χ2n) is 8.90. The zero-order valence-electron chi connectivity index (χ0n) is 18.9. The Labute approximate surface area is 199 Å². The number of piperidine rings is 1. The Morgan fingerprint density at radius 1 is 1.06 bits per heavy atom. The zero-order chi connectivity index (χ0) is 23.5. The summed E-state index contributed by atoms with van der Waals surface area (Å²) in [4.78, 5) is 27.7. The fourth-order valence-electron chi connectivity index (χ4n) is 4.79. The molecule has 0 unspecified atom stereocenters. The van der Waals surface area contributed by atoms with E-state index in [2.05, 4.69) is 0 Å². The van der Waals surface area contributed by atoms with Crippen molar-refractivity contribution in [3.8, 4) is 5.75 Å². The second kappa shape index (κ2) is 9.95. The van der Waals surface area contributed by atoms with Crippen LogP contribution in [0.4, 0.5) is 0 Å². The van der Waals surface area contributed by atoms with Crippen LogP contribution in [0.2, 0.25) is 0 Å². The van der Waals surface area contributed by atoms with Crippen LogP contribution in [0.1, 0.15) is 48.2 Å². The highest BCUT2D eigenvalue weighted by Gasteiger charge is 2.44. The molecule has 1 aromatic heterocycles. The van der Waals surface area contributed by atoms with Gasteiger partial charge in [-0.15, -0.1) is 11.3 Å². The third-order valence-electron chi connectivity index (χ3n) is 6.84. The highest BCUT2D eigenvalue weighted by atomic mass is 32.2. The molecule has 0 radical (unpaired) electrons. The lowest BCUT2D eigenvalue weighted by molar-refractivity contribution is -0.130. The molecule has 1 aromatic carbocycles. The number of thiophene rings is 1. The summed E-state index contributed by atoms with van der Waals surface area (Å²) in [6.45, 7) is 2.30. The minimum absolute atomic E-state index is 0.0111. The first-order chi connectivity index (χ1) is 15.8. The van der Waals surface area contributed by atoms with Crippen LogP contribution < -0.4 is 4.74 Å². The number of carbonyl (C=O) groups is 2. The predicted octanol–water partition coefficient (Wildman–Crippen LogP) is 3.81. The lowest BCUT2D eigenvalue weighted by Gasteiger charge is -2.38. The summed E-state index contributed by atoms with van der Waals surface area (Å²) in [5.74, 6) is 0.712. The zero-order valence-corrected chi connectivity index (χ0v) is 20.5. The van der Waals surface area contributed by atoms with Crippen LogP contribution in [0.3, 0.4) is 0 Å². The van der Waals surface area contributed by atoms with Crippen molar-refractivity contribution >= 4 is 33.1 Å². The summed E-state index contributed by atoms with van der Waals surface area (Å²) < 4.78 is 32.9. The highest BCUT2D eigenvalue weighted by Crippen LogP contribution is 2.41. The maximum absolute atomic E-state index is 13.1. The van der Waals surface area contributed by atoms with E-state index in [0.29, 0.717) is 51.2 Å². The molecule has 0 N–H and O–H groups in total. The lowest BCUT2D eigenvalue weighted by atomic mass is 9.78. The van der Waals surface area contributed by atoms with Crippen molar-refractivity contribution in [2.75, 3.05) is 33.3 Å². The van der Waals surface area contributed by atoms with Crippen molar-refractivity contribution in [2.45, 2.75) is 43.4 Å². The monoisotopic (exact) mass is 490 g/mol. The average Bonchev–Trinajstić information content (AvgIpc) is 3.50. The standard InChI is InChI=1S/C24H30N2O5S2/c1-31-19-5-2-6-20(17-19)33(29,30)26-14-11-24(12-15-26)10-13-25(18-24)23(28)9-3-7-21(27)22-8-4-16-32-22/h2,4-6,8,16-17H,3,7,9-15,18H2,1H3. The molecule has 2 aliphatic heterocycles. The Morgan fingerprint density at radius 2 is 1.82 bits per heavy atom. The molecule has 2 aromatic rings. The summed E-state index contributed by atoms with van der Waals surface area (Å²) in [5.41, 5.74) is -0.0111. The van der Waals surface area contributed by atoms with E-state index >= 15 is 0 Å². The van der Waals surface area contributed by atoms with Gasteiger partial charge in [0.25, 0.3) is 0 Å². The average molecular weight is 491 g/mol. The Balaban J connectivity index is 1.27. The molecule has 2 fully saturated rings. The van der Waals surface area contributed by atoms with Gasteiger partial charge in [0.05, 0.1) is 16.9 Å². The summed E-state index contributed by atoms with van der Waals surface area (Å²) in [6, 6.07) is 10.2. The van der Waals surface area contributed by atoms with Gasteiger partial charge in [0, 0.05) is 45.1 Å². The van der Waals surface area contributed by atoms with E-state index in [1.807, 2.05) is 22.4 Å². The van der Waals surface area contributed by atoms with Crippen LogP contribution in [-0.4, -0.2) is 62.6 Å². The lowest BCUT2D eigenvalue weighted by Crippen LogP contribution is -2.44. The minimum atomic E-state index is -3.57. The Bertz CT molecular complexity index is 1090. The fourth-order valence-corrected chi connectivity index (χ4v) is 6.96. The maximum atomic E-state index is 13.1. The van der Waals surface area contributed by atoms with Crippen molar-refractivity contribution in [2.24, 2.45) is 5.41 Å². The summed E-state index contributed by atoms with van der Waals surface area (Å²) in [6.07, 6.45) is 3.73. The SMILES string of the molecule is COc1cccc(S(=O)(=O)N2CCC3(CCN(C(=O)CCCC(=O)c4cccs4)C3)CC2)c1. The van der Waals surface area contributed by atoms with E-state index in [0.717, 1.165) is 24.1 Å². The Hall–Kier alpha value is -2.23. The Kier molecular flexibility index (Phi) is 7.21. The van der Waals surface area contributed by atoms with E-state index in [9.17, 15) is 18.0 Å². The largest absolute Gasteiger partial charge is 0.497 e. The topological polar surface area (TPSA) is 84.0 Å². The van der Waals surface area contributed by atoms with Gasteiger partial charge in [0.2, 0.25) is 15.9 Å². The van der Waals surface area contributed by atoms with E-state index in [1.54, 1.807) is 28.6 Å². The smallest absolute Gasteiger partial charge is 0.243 e. The highest BCUT2D eigenvalue weighted by molar-refractivity contribution is 7.89. The second-order valence-corrected chi connectivity index (χ2v) is 11.8. The number of amides is 1. The number of hydrogen-bond acceptors (Lipinski definition) is 6. The number of sulfonamides is 1. The van der Waals surface area contributed by atoms with Gasteiger partial charge in [-0.1, -0.05) is 12.1 Å². The Morgan fingerprint density at radius 3 is 2.52 bits per heavy atom. The molecule has 33 heavy (non-hydrogen) atoms. The molecule has 0 atom stereocenters. The molecule has 0 saturated carbocycles. The van der Waals surface area contributed by atoms with Gasteiger partial charge >= 0.3 is 0 Å². The van der Waals surface area contributed by atoms with Crippen LogP contribution in [0.5, 0.6) is 5.75 Å². The third-order valence-corrected chi connectivity index (χ3v) is 9.65. The van der Waals surface area contributed by atoms with Crippen LogP contribution >= 0.6 is 11.3 Å². The van der Waals surface area contributed by atoms with Gasteiger partial charge in [-0.25, -0.2) is 8.42 Å². The number of ether oxygens (including phenoxy) is 1. The van der Waals surface area contributed by atoms with Crippen molar-refractivity contribution in [1.29, 1.82) is 0 Å². The molecule has 7 nitrogen and oxygen atoms in total. The van der Waals surface area contributed by atoms with Crippen molar-refractivity contribution in [3.63, 3.8) is 0 Å². The molecule has 9 heteroatoms. The maximum Gasteiger partial charge on any atom is 0.243 e. The first kappa shape index (κ1) is 23.9. The van der Waals surface area contributed by atoms with E-state index in [4.69, 9.17) is 4.74 Å². The molecule has 3 heterocycles. The number of nitrogens with zero attached hydrogens (tertiary/aromatic N) is 2. The van der Waals surface area contributed by atoms with Crippen molar-refractivity contribution in [3.05, 3.63) is 46.7 Å². The van der Waals surface area contributed by atoms with Gasteiger partial charge in [-0.3, -0.25) is 9.59 Å². The van der Waals surface area contributed by atoms with Crippen molar-refractivity contribution < 1.29 is 22.7 Å². The number of ketones is 1. The quantitative estimate of drug-likeness (QED) is 0.526. The van der Waals surface area contributed by atoms with Crippen LogP contribution in [-0.2, 0) is 14.8 Å². The normalized spacial score (nSPS) is 18.5. The van der Waals surface area contributed by atoms with Crippen LogP contribution in [0.15, 0.2) is 46.7 Å². The van der Waals surface area contributed by atoms with Crippen LogP contribution in [0, 0.1) is 5.41 Å². The van der Waals surface area contributed by atoms with Gasteiger partial charge in [0.1, 0.15) is 5.75 Å². The number of carbonyl (C=O) groups excluding carboxylic acids is 2. The number of likely N-dealkylation sites (tertiary alicyclic amines) is 1. The fraction of sp³-hybridized carbons (Fsp3) is 0.500. The molecule has 2 aliphatic rings. The third kappa shape index (κ3) is 5.31. The van der Waals surface area contributed by atoms with E-state index in [-0.39, 0.29) is 22.0 Å². The number of methoxy groups -OCH3 is 1. The summed E-state index contributed by atoms with van der Waals surface area (Å²) in [5, 5.41) is 1.88. The molecular weight excluding hydrogens is 460 g/mol. The molecule has 4 rings (SSSR count). The van der Waals surface area contributed by atoms with Crippen molar-refractivity contribution in [1.82, 2.24) is 9.21 Å². The van der Waals surface area contributed by atoms with E-state index < -0.39 is 10.0 Å². The predicted molar refractivity (Wildman–Crippen MR) is 127 cm³/mol. The molecular formula is C24H30N2O5S2. The molecule has 0 bridgehead atoms. The first-order valence-corrected chi connectivity index (χ1v) is 13.6. The number of hydrogen-bond donors (Lipinski definition) is 0. The number of rotatable bonds is 8. The molecule has 1 amide bonds. The minimum Gasteiger partial charge on any atom is -0.497 e. The molecule has 0 aliphatic carbocycles. The molecule has 2 saturated heterocycles. The van der Waals surface area contributed by atoms with E-state index in [1.165, 1.54) is 18.4 Å². The summed E-state index contributed by atoms with van der Waals surface area (Å²) >= 11 is 1.43. The van der Waals surface area contributed by atoms with Gasteiger partial charge in [-0.05, 0) is 54.7 Å². The van der Waals surface area contributed by atoms with Crippen LogP contribution in [0.25, 0.3) is 0 Å². The first-order valence-electron chi connectivity index (χ1n) is 11.3. The summed E-state index contributed by atoms with van der Waals surface area (Å²) in [7, 11) is -2.05. The molecule has 178 valence electrons.